The fraction of sp³-hybridized carbons (Fsp3) is 0.923. The first-order valence-electron chi connectivity index (χ1n) is 6.92. The Labute approximate surface area is 114 Å². The molecule has 2 heterocycles. The summed E-state index contributed by atoms with van der Waals surface area (Å²) in [4.78, 5) is 14.5. The monoisotopic (exact) mass is 272 g/mol. The van der Waals surface area contributed by atoms with Crippen LogP contribution < -0.4 is 5.73 Å². The molecule has 0 aromatic rings. The van der Waals surface area contributed by atoms with Gasteiger partial charge in [0.05, 0.1) is 6.10 Å². The predicted octanol–water partition coefficient (Wildman–Crippen LogP) is 1.09. The zero-order valence-electron chi connectivity index (χ0n) is 11.1. The van der Waals surface area contributed by atoms with Crippen molar-refractivity contribution in [1.29, 1.82) is 0 Å². The van der Waals surface area contributed by atoms with Crippen molar-refractivity contribution in [3.8, 4) is 0 Å². The van der Waals surface area contributed by atoms with Gasteiger partial charge in [-0.3, -0.25) is 4.79 Å². The van der Waals surface area contributed by atoms with Crippen molar-refractivity contribution in [1.82, 2.24) is 4.90 Å². The third-order valence-corrected chi connectivity index (χ3v) is 4.97. The van der Waals surface area contributed by atoms with Gasteiger partial charge in [0.25, 0.3) is 0 Å². The third kappa shape index (κ3) is 3.39. The Bertz CT molecular complexity index is 276. The van der Waals surface area contributed by atoms with Crippen LogP contribution in [-0.4, -0.2) is 54.2 Å². The number of carbonyl (C=O) groups is 1. The highest BCUT2D eigenvalue weighted by Crippen LogP contribution is 2.25. The summed E-state index contributed by atoms with van der Waals surface area (Å²) in [5.74, 6) is 2.37. The van der Waals surface area contributed by atoms with Crippen molar-refractivity contribution in [3.63, 3.8) is 0 Å². The lowest BCUT2D eigenvalue weighted by Gasteiger charge is -2.32. The Morgan fingerprint density at radius 1 is 1.56 bits per heavy atom. The lowest BCUT2D eigenvalue weighted by Crippen LogP contribution is -2.48. The van der Waals surface area contributed by atoms with Crippen LogP contribution in [0.2, 0.25) is 0 Å². The second-order valence-electron chi connectivity index (χ2n) is 5.28. The highest BCUT2D eigenvalue weighted by atomic mass is 32.2. The number of nitrogens with two attached hydrogens (primary N) is 1. The summed E-state index contributed by atoms with van der Waals surface area (Å²) in [6.07, 6.45) is 3.56. The summed E-state index contributed by atoms with van der Waals surface area (Å²) in [6, 6.07) is 0.390. The summed E-state index contributed by atoms with van der Waals surface area (Å²) in [5, 5.41) is 0. The molecule has 3 atom stereocenters. The summed E-state index contributed by atoms with van der Waals surface area (Å²) < 4.78 is 5.67. The number of thioether (sulfide) groups is 1. The molecule has 2 fully saturated rings. The van der Waals surface area contributed by atoms with E-state index in [9.17, 15) is 4.79 Å². The average molecular weight is 272 g/mol. The van der Waals surface area contributed by atoms with Gasteiger partial charge in [0.15, 0.2) is 0 Å². The summed E-state index contributed by atoms with van der Waals surface area (Å²) in [5.41, 5.74) is 5.63. The Hall–Kier alpha value is -0.260. The van der Waals surface area contributed by atoms with E-state index in [0.717, 1.165) is 43.9 Å². The SMILES string of the molecule is CC(CN)C(=O)N(CC1CCCO1)C1CCSC1. The maximum absolute atomic E-state index is 12.4. The lowest BCUT2D eigenvalue weighted by molar-refractivity contribution is -0.138. The molecule has 0 aromatic carbocycles. The standard InChI is InChI=1S/C13H24N2O2S/c1-10(7-14)13(16)15(11-4-6-18-9-11)8-12-3-2-5-17-12/h10-12H,2-9,14H2,1H3. The first-order valence-corrected chi connectivity index (χ1v) is 8.07. The van der Waals surface area contributed by atoms with E-state index >= 15 is 0 Å². The second kappa shape index (κ2) is 6.78. The van der Waals surface area contributed by atoms with Crippen molar-refractivity contribution >= 4 is 17.7 Å². The van der Waals surface area contributed by atoms with E-state index in [-0.39, 0.29) is 17.9 Å². The molecule has 0 saturated carbocycles. The second-order valence-corrected chi connectivity index (χ2v) is 6.43. The van der Waals surface area contributed by atoms with Crippen molar-refractivity contribution in [2.75, 3.05) is 31.2 Å². The minimum atomic E-state index is -0.0722. The van der Waals surface area contributed by atoms with Crippen molar-refractivity contribution in [2.24, 2.45) is 11.7 Å². The average Bonchev–Trinajstić information content (AvgIpc) is 3.06. The van der Waals surface area contributed by atoms with E-state index in [0.29, 0.717) is 12.6 Å². The molecule has 0 aromatic heterocycles. The predicted molar refractivity (Wildman–Crippen MR) is 74.6 cm³/mol. The van der Waals surface area contributed by atoms with Crippen LogP contribution in [0.4, 0.5) is 0 Å². The zero-order chi connectivity index (χ0) is 13.0. The minimum Gasteiger partial charge on any atom is -0.376 e. The van der Waals surface area contributed by atoms with Gasteiger partial charge in [0.1, 0.15) is 0 Å². The molecule has 1 amide bonds. The van der Waals surface area contributed by atoms with E-state index in [4.69, 9.17) is 10.5 Å². The van der Waals surface area contributed by atoms with Gasteiger partial charge in [0, 0.05) is 37.4 Å². The Balaban J connectivity index is 1.98. The van der Waals surface area contributed by atoms with Crippen LogP contribution in [0.3, 0.4) is 0 Å². The molecule has 0 spiro atoms. The molecule has 3 unspecified atom stereocenters. The molecule has 4 nitrogen and oxygen atoms in total. The molecule has 2 saturated heterocycles. The van der Waals surface area contributed by atoms with Crippen LogP contribution >= 0.6 is 11.8 Å². The number of nitrogens with zero attached hydrogens (tertiary/aromatic N) is 1. The molecule has 0 aliphatic carbocycles. The molecule has 5 heteroatoms. The fourth-order valence-corrected chi connectivity index (χ4v) is 3.80. The molecular weight excluding hydrogens is 248 g/mol. The molecule has 2 aliphatic heterocycles. The Morgan fingerprint density at radius 2 is 2.39 bits per heavy atom. The third-order valence-electron chi connectivity index (χ3n) is 3.83. The van der Waals surface area contributed by atoms with E-state index in [2.05, 4.69) is 0 Å². The molecule has 2 aliphatic rings. The van der Waals surface area contributed by atoms with Gasteiger partial charge in [0.2, 0.25) is 5.91 Å². The molecule has 2 N–H and O–H groups in total. The zero-order valence-corrected chi connectivity index (χ0v) is 12.0. The number of amides is 1. The normalized spacial score (nSPS) is 29.4. The van der Waals surface area contributed by atoms with Crippen molar-refractivity contribution in [3.05, 3.63) is 0 Å². The van der Waals surface area contributed by atoms with Crippen molar-refractivity contribution in [2.45, 2.75) is 38.3 Å². The minimum absolute atomic E-state index is 0.0722. The van der Waals surface area contributed by atoms with Gasteiger partial charge in [-0.25, -0.2) is 0 Å². The molecule has 0 radical (unpaired) electrons. The first kappa shape index (κ1) is 14.2. The van der Waals surface area contributed by atoms with Crippen LogP contribution in [0, 0.1) is 5.92 Å². The smallest absolute Gasteiger partial charge is 0.227 e. The van der Waals surface area contributed by atoms with Gasteiger partial charge < -0.3 is 15.4 Å². The van der Waals surface area contributed by atoms with Gasteiger partial charge in [-0.1, -0.05) is 6.92 Å². The number of hydrogen-bond acceptors (Lipinski definition) is 4. The highest BCUT2D eigenvalue weighted by molar-refractivity contribution is 7.99. The van der Waals surface area contributed by atoms with Crippen LogP contribution in [0.25, 0.3) is 0 Å². The van der Waals surface area contributed by atoms with Gasteiger partial charge in [-0.2, -0.15) is 11.8 Å². The largest absolute Gasteiger partial charge is 0.376 e. The van der Waals surface area contributed by atoms with Crippen molar-refractivity contribution < 1.29 is 9.53 Å². The maximum atomic E-state index is 12.4. The van der Waals surface area contributed by atoms with Crippen LogP contribution in [0.5, 0.6) is 0 Å². The summed E-state index contributed by atoms with van der Waals surface area (Å²) in [7, 11) is 0. The Morgan fingerprint density at radius 3 is 2.94 bits per heavy atom. The topological polar surface area (TPSA) is 55.6 Å². The fourth-order valence-electron chi connectivity index (χ4n) is 2.58. The number of rotatable bonds is 5. The lowest BCUT2D eigenvalue weighted by atomic mass is 10.1. The number of ether oxygens (including phenoxy) is 1. The summed E-state index contributed by atoms with van der Waals surface area (Å²) >= 11 is 1.94. The van der Waals surface area contributed by atoms with Crippen LogP contribution in [0.1, 0.15) is 26.2 Å². The summed E-state index contributed by atoms with van der Waals surface area (Å²) in [6.45, 7) is 3.96. The molecule has 18 heavy (non-hydrogen) atoms. The van der Waals surface area contributed by atoms with E-state index in [1.165, 1.54) is 0 Å². The highest BCUT2D eigenvalue weighted by Gasteiger charge is 2.32. The quantitative estimate of drug-likeness (QED) is 0.814. The van der Waals surface area contributed by atoms with Gasteiger partial charge in [-0.05, 0) is 25.0 Å². The number of hydrogen-bond donors (Lipinski definition) is 1. The molecular formula is C13H24N2O2S. The maximum Gasteiger partial charge on any atom is 0.227 e. The van der Waals surface area contributed by atoms with E-state index < -0.39 is 0 Å². The van der Waals surface area contributed by atoms with Gasteiger partial charge in [-0.15, -0.1) is 0 Å². The molecule has 104 valence electrons. The number of carbonyl (C=O) groups excluding carboxylic acids is 1. The Kier molecular flexibility index (Phi) is 5.33. The molecule has 0 bridgehead atoms. The van der Waals surface area contributed by atoms with Crippen LogP contribution in [0.15, 0.2) is 0 Å². The first-order chi connectivity index (χ1) is 8.72. The van der Waals surface area contributed by atoms with E-state index in [1.54, 1.807) is 0 Å². The van der Waals surface area contributed by atoms with Crippen LogP contribution in [-0.2, 0) is 9.53 Å². The molecule has 2 rings (SSSR count). The van der Waals surface area contributed by atoms with Gasteiger partial charge >= 0.3 is 0 Å². The van der Waals surface area contributed by atoms with E-state index in [1.807, 2.05) is 23.6 Å².